The van der Waals surface area contributed by atoms with Gasteiger partial charge in [-0.05, 0) is 89.8 Å². The van der Waals surface area contributed by atoms with Crippen LogP contribution in [0, 0.1) is 6.92 Å². The molecule has 0 bridgehead atoms. The van der Waals surface area contributed by atoms with Gasteiger partial charge in [0.2, 0.25) is 0 Å². The second-order valence-corrected chi connectivity index (χ2v) is 12.7. The number of nitrogens with zero attached hydrogens (tertiary/aromatic N) is 8. The molecule has 0 aliphatic heterocycles. The first-order valence-corrected chi connectivity index (χ1v) is 16.3. The molecule has 4 atom stereocenters. The Bertz CT molecular complexity index is 2210. The van der Waals surface area contributed by atoms with Gasteiger partial charge in [-0.15, -0.1) is 0 Å². The topological polar surface area (TPSA) is 145 Å². The molecule has 2 aromatic carbocycles. The molecule has 4 aromatic heterocycles. The minimum atomic E-state index is -0.220. The number of amides is 2. The Morgan fingerprint density at radius 1 is 0.653 bits per heavy atom. The summed E-state index contributed by atoms with van der Waals surface area (Å²) in [4.78, 5) is 36.0. The summed E-state index contributed by atoms with van der Waals surface area (Å²) in [6.07, 6.45) is 9.87. The zero-order valence-electron chi connectivity index (χ0n) is 27.3. The Kier molecular flexibility index (Phi) is 7.55. The molecule has 6 aromatic rings. The Hall–Kier alpha value is -6.04. The lowest BCUT2D eigenvalue weighted by Gasteiger charge is -2.23. The Balaban J connectivity index is 1.21. The number of hydrogen-bond acceptors (Lipinski definition) is 8. The fourth-order valence-corrected chi connectivity index (χ4v) is 7.55. The molecule has 0 saturated carbocycles. The molecular formula is C37H34N10O2. The van der Waals surface area contributed by atoms with E-state index < -0.39 is 0 Å². The molecule has 0 fully saturated rings. The van der Waals surface area contributed by atoms with Crippen molar-refractivity contribution in [1.29, 1.82) is 0 Å². The van der Waals surface area contributed by atoms with Crippen LogP contribution in [0.1, 0.15) is 85.8 Å². The summed E-state index contributed by atoms with van der Waals surface area (Å²) in [7, 11) is 3.53. The van der Waals surface area contributed by atoms with Gasteiger partial charge in [-0.3, -0.25) is 19.0 Å². The van der Waals surface area contributed by atoms with E-state index in [0.29, 0.717) is 30.1 Å². The van der Waals surface area contributed by atoms with Crippen molar-refractivity contribution in [3.63, 3.8) is 0 Å². The van der Waals surface area contributed by atoms with E-state index in [0.717, 1.165) is 39.1 Å². The maximum absolute atomic E-state index is 13.5. The Morgan fingerprint density at radius 3 is 1.78 bits per heavy atom. The van der Waals surface area contributed by atoms with Crippen LogP contribution in [0.4, 0.5) is 0 Å². The van der Waals surface area contributed by atoms with E-state index in [2.05, 4.69) is 72.4 Å². The Labute approximate surface area is 282 Å². The number of nitrogens with one attached hydrogen (secondary N) is 2. The Morgan fingerprint density at radius 2 is 1.24 bits per heavy atom. The summed E-state index contributed by atoms with van der Waals surface area (Å²) in [6, 6.07) is 19.7. The van der Waals surface area contributed by atoms with Crippen LogP contribution < -0.4 is 10.6 Å². The van der Waals surface area contributed by atoms with E-state index in [-0.39, 0.29) is 35.7 Å². The summed E-state index contributed by atoms with van der Waals surface area (Å²) in [5.74, 6) is 0.436. The smallest absolute Gasteiger partial charge is 0.270 e. The van der Waals surface area contributed by atoms with Crippen LogP contribution in [-0.4, -0.2) is 51.5 Å². The van der Waals surface area contributed by atoms with Gasteiger partial charge in [-0.1, -0.05) is 30.3 Å². The number of fused-ring (bicyclic) bond motifs is 2. The van der Waals surface area contributed by atoms with Crippen LogP contribution in [0.15, 0.2) is 91.6 Å². The average molecular weight is 651 g/mol. The SMILES string of the molecule is Cc1nccc(-c2ccc3c(c2)C(C2C[C@@H](NC(=O)c4ccnn4C)c4ccc(-c5ccnnc5)cc42)C[C@H]3NC(=O)c2ccnn2C)n1. The summed E-state index contributed by atoms with van der Waals surface area (Å²) < 4.78 is 3.17. The third kappa shape index (κ3) is 5.54. The fourth-order valence-electron chi connectivity index (χ4n) is 7.55. The molecule has 0 radical (unpaired) electrons. The zero-order chi connectivity index (χ0) is 33.6. The van der Waals surface area contributed by atoms with Gasteiger partial charge in [0.1, 0.15) is 17.2 Å². The molecule has 49 heavy (non-hydrogen) atoms. The van der Waals surface area contributed by atoms with Gasteiger partial charge >= 0.3 is 0 Å². The van der Waals surface area contributed by atoms with E-state index in [1.165, 1.54) is 5.56 Å². The molecule has 4 heterocycles. The first-order chi connectivity index (χ1) is 23.8. The average Bonchev–Trinajstić information content (AvgIpc) is 3.90. The molecule has 2 N–H and O–H groups in total. The van der Waals surface area contributed by atoms with E-state index in [1.54, 1.807) is 66.6 Å². The molecule has 0 saturated heterocycles. The number of rotatable bonds is 7. The third-order valence-electron chi connectivity index (χ3n) is 9.90. The van der Waals surface area contributed by atoms with Crippen molar-refractivity contribution in [2.75, 3.05) is 0 Å². The molecule has 2 unspecified atom stereocenters. The van der Waals surface area contributed by atoms with Crippen molar-refractivity contribution in [1.82, 2.24) is 50.4 Å². The van der Waals surface area contributed by atoms with Crippen LogP contribution in [-0.2, 0) is 14.1 Å². The van der Waals surface area contributed by atoms with Crippen molar-refractivity contribution in [2.45, 2.75) is 43.7 Å². The predicted octanol–water partition coefficient (Wildman–Crippen LogP) is 4.99. The number of benzene rings is 2. The monoisotopic (exact) mass is 650 g/mol. The minimum absolute atomic E-state index is 0.0397. The van der Waals surface area contributed by atoms with Gasteiger partial charge in [0, 0.05) is 43.8 Å². The van der Waals surface area contributed by atoms with Gasteiger partial charge in [-0.25, -0.2) is 9.97 Å². The van der Waals surface area contributed by atoms with Crippen molar-refractivity contribution in [2.24, 2.45) is 14.1 Å². The number of hydrogen-bond donors (Lipinski definition) is 2. The lowest BCUT2D eigenvalue weighted by atomic mass is 9.82. The number of carbonyl (C=O) groups excluding carboxylic acids is 2. The van der Waals surface area contributed by atoms with Gasteiger partial charge in [0.25, 0.3) is 11.8 Å². The minimum Gasteiger partial charge on any atom is -0.344 e. The normalized spacial score (nSPS) is 19.3. The van der Waals surface area contributed by atoms with Gasteiger partial charge in [0.05, 0.1) is 30.2 Å². The molecule has 12 heteroatoms. The lowest BCUT2D eigenvalue weighted by molar-refractivity contribution is 0.0914. The van der Waals surface area contributed by atoms with Crippen molar-refractivity contribution >= 4 is 11.8 Å². The van der Waals surface area contributed by atoms with Gasteiger partial charge < -0.3 is 10.6 Å². The highest BCUT2D eigenvalue weighted by molar-refractivity contribution is 5.93. The molecule has 12 nitrogen and oxygen atoms in total. The zero-order valence-corrected chi connectivity index (χ0v) is 27.3. The highest BCUT2D eigenvalue weighted by Crippen LogP contribution is 2.55. The van der Waals surface area contributed by atoms with E-state index in [4.69, 9.17) is 4.98 Å². The van der Waals surface area contributed by atoms with Gasteiger partial charge in [0.15, 0.2) is 0 Å². The molecule has 0 spiro atoms. The number of carbonyl (C=O) groups is 2. The lowest BCUT2D eigenvalue weighted by Crippen LogP contribution is -2.29. The van der Waals surface area contributed by atoms with Crippen molar-refractivity contribution < 1.29 is 9.59 Å². The first kappa shape index (κ1) is 30.3. The maximum atomic E-state index is 13.5. The van der Waals surface area contributed by atoms with Crippen LogP contribution in [0.2, 0.25) is 0 Å². The number of aromatic nitrogens is 8. The molecular weight excluding hydrogens is 616 g/mol. The van der Waals surface area contributed by atoms with E-state index >= 15 is 0 Å². The molecule has 244 valence electrons. The predicted molar refractivity (Wildman–Crippen MR) is 181 cm³/mol. The molecule has 2 aliphatic rings. The summed E-state index contributed by atoms with van der Waals surface area (Å²) >= 11 is 0. The van der Waals surface area contributed by atoms with Crippen LogP contribution in [0.25, 0.3) is 22.4 Å². The molecule has 8 rings (SSSR count). The quantitative estimate of drug-likeness (QED) is 0.246. The van der Waals surface area contributed by atoms with Crippen LogP contribution in [0.3, 0.4) is 0 Å². The van der Waals surface area contributed by atoms with E-state index in [1.807, 2.05) is 19.1 Å². The van der Waals surface area contributed by atoms with Gasteiger partial charge in [-0.2, -0.15) is 20.4 Å². The molecule has 2 aliphatic carbocycles. The second-order valence-electron chi connectivity index (χ2n) is 12.7. The summed E-state index contributed by atoms with van der Waals surface area (Å²) in [5.41, 5.74) is 9.32. The second kappa shape index (κ2) is 12.2. The van der Waals surface area contributed by atoms with Crippen LogP contribution in [0.5, 0.6) is 0 Å². The maximum Gasteiger partial charge on any atom is 0.270 e. The highest BCUT2D eigenvalue weighted by Gasteiger charge is 2.43. The van der Waals surface area contributed by atoms with Crippen molar-refractivity contribution in [3.8, 4) is 22.4 Å². The first-order valence-electron chi connectivity index (χ1n) is 16.3. The summed E-state index contributed by atoms with van der Waals surface area (Å²) in [5, 5.41) is 23.1. The third-order valence-corrected chi connectivity index (χ3v) is 9.90. The summed E-state index contributed by atoms with van der Waals surface area (Å²) in [6.45, 7) is 1.88. The number of aryl methyl sites for hydroxylation is 3. The van der Waals surface area contributed by atoms with Crippen molar-refractivity contribution in [3.05, 3.63) is 131 Å². The fraction of sp³-hybridized carbons (Fsp3) is 0.243. The largest absolute Gasteiger partial charge is 0.344 e. The molecule has 2 amide bonds. The highest BCUT2D eigenvalue weighted by atomic mass is 16.2. The van der Waals surface area contributed by atoms with Crippen LogP contribution >= 0.6 is 0 Å². The van der Waals surface area contributed by atoms with E-state index in [9.17, 15) is 9.59 Å². The standard InChI is InChI=1S/C37H34N10O2/c1-21-38-12-9-31(43-21)23-5-7-26-28(17-23)30(19-33(26)45-37(49)35-11-15-42-47(35)3)29-18-32(44-36(48)34-10-14-41-46(34)2)25-6-4-22(16-27(25)29)24-8-13-39-40-20-24/h4-17,20,29-30,32-33H,18-19H2,1-3H3,(H,44,48)(H,45,49)/t29?,30?,32-,33-/m1/s1.